The van der Waals surface area contributed by atoms with Crippen LogP contribution in [0.4, 0.5) is 0 Å². The van der Waals surface area contributed by atoms with E-state index in [2.05, 4.69) is 41.7 Å². The zero-order chi connectivity index (χ0) is 26.8. The fraction of sp³-hybridized carbons (Fsp3) is 0.419. The second-order valence-corrected chi connectivity index (χ2v) is 8.92. The highest BCUT2D eigenvalue weighted by Crippen LogP contribution is 2.25. The molecule has 0 spiro atoms. The number of hydrogen-bond donors (Lipinski definition) is 3. The molecule has 2 aromatic carbocycles. The third-order valence-corrected chi connectivity index (χ3v) is 5.92. The van der Waals surface area contributed by atoms with Gasteiger partial charge in [0.15, 0.2) is 5.78 Å². The first-order valence-electron chi connectivity index (χ1n) is 13.1. The summed E-state index contributed by atoms with van der Waals surface area (Å²) in [5, 5.41) is 3.90. The summed E-state index contributed by atoms with van der Waals surface area (Å²) in [5.41, 5.74) is 8.66. The highest BCUT2D eigenvalue weighted by molar-refractivity contribution is 5.94. The Kier molecular flexibility index (Phi) is 15.5. The number of fused-ring (bicyclic) bond motifs is 1. The number of hydrogen-bond acceptors (Lipinski definition) is 3. The van der Waals surface area contributed by atoms with Crippen LogP contribution in [0.3, 0.4) is 0 Å². The number of carbonyl (C=O) groups is 2. The summed E-state index contributed by atoms with van der Waals surface area (Å²) in [7, 11) is 1.50. The highest BCUT2D eigenvalue weighted by atomic mass is 16.2. The molecule has 0 aliphatic heterocycles. The molecule has 0 bridgehead atoms. The van der Waals surface area contributed by atoms with E-state index in [0.717, 1.165) is 34.9 Å². The van der Waals surface area contributed by atoms with Gasteiger partial charge in [-0.15, -0.1) is 0 Å². The summed E-state index contributed by atoms with van der Waals surface area (Å²) in [6.07, 6.45) is 10.5. The second-order valence-electron chi connectivity index (χ2n) is 8.92. The first-order valence-corrected chi connectivity index (χ1v) is 13.1. The molecule has 1 aromatic heterocycles. The molecule has 196 valence electrons. The number of ketones is 1. The minimum Gasteiger partial charge on any atom is -0.361 e. The minimum atomic E-state index is -0.576. The predicted molar refractivity (Wildman–Crippen MR) is 154 cm³/mol. The van der Waals surface area contributed by atoms with Gasteiger partial charge in [-0.1, -0.05) is 106 Å². The van der Waals surface area contributed by atoms with Crippen molar-refractivity contribution in [1.29, 1.82) is 0 Å². The molecule has 1 unspecified atom stereocenters. The number of aromatic amines is 1. The van der Waals surface area contributed by atoms with E-state index in [-0.39, 0.29) is 11.7 Å². The largest absolute Gasteiger partial charge is 0.361 e. The van der Waals surface area contributed by atoms with Crippen LogP contribution in [0.25, 0.3) is 16.5 Å². The highest BCUT2D eigenvalue weighted by Gasteiger charge is 2.22. The van der Waals surface area contributed by atoms with Crippen LogP contribution < -0.4 is 11.1 Å². The fourth-order valence-electron chi connectivity index (χ4n) is 3.93. The van der Waals surface area contributed by atoms with Crippen molar-refractivity contribution in [3.05, 3.63) is 78.5 Å². The number of Topliss-reactive ketones (excluding diaryl/α,β-unsaturated/α-hetero) is 1. The summed E-state index contributed by atoms with van der Waals surface area (Å²) in [6.45, 7) is 9.57. The molecule has 4 N–H and O–H groups in total. The number of nitrogens with one attached hydrogen (secondary N) is 2. The lowest BCUT2D eigenvalue weighted by molar-refractivity contribution is -0.127. The van der Waals surface area contributed by atoms with Gasteiger partial charge in [-0.25, -0.2) is 0 Å². The molecule has 1 heterocycles. The Morgan fingerprint density at radius 3 is 2.06 bits per heavy atom. The predicted octanol–water partition coefficient (Wildman–Crippen LogP) is 7.35. The lowest BCUT2D eigenvalue weighted by Crippen LogP contribution is -2.32. The summed E-state index contributed by atoms with van der Waals surface area (Å²) >= 11 is 0. The second kappa shape index (κ2) is 18.1. The van der Waals surface area contributed by atoms with Crippen molar-refractivity contribution in [3.8, 4) is 0 Å². The van der Waals surface area contributed by atoms with Crippen molar-refractivity contribution in [1.82, 2.24) is 10.3 Å². The standard InChI is InChI=1S/C21H30N2O2.C9H10.CH5N/c1-3-4-5-6-7-8-9-14-20(25)23-21(16(2)24)18-15-22-19-13-11-10-12-17(18)19;1-8(2)9-6-4-3-5-7-9;1-2/h10-13,15,21-22H,3-9,14H2,1-2H3,(H,23,25);3-7H,1H2,2H3;2H2,1H3. The molecular formula is C31H45N3O2. The van der Waals surface area contributed by atoms with Crippen LogP contribution in [-0.4, -0.2) is 23.7 Å². The number of para-hydroxylation sites is 1. The quantitative estimate of drug-likeness (QED) is 0.231. The lowest BCUT2D eigenvalue weighted by Gasteiger charge is -2.15. The smallest absolute Gasteiger partial charge is 0.220 e. The van der Waals surface area contributed by atoms with Crippen molar-refractivity contribution in [3.63, 3.8) is 0 Å². The van der Waals surface area contributed by atoms with E-state index in [4.69, 9.17) is 0 Å². The Bertz CT molecular complexity index is 1040. The van der Waals surface area contributed by atoms with Crippen molar-refractivity contribution in [2.24, 2.45) is 5.73 Å². The normalized spacial score (nSPS) is 10.9. The van der Waals surface area contributed by atoms with E-state index >= 15 is 0 Å². The fourth-order valence-corrected chi connectivity index (χ4v) is 3.93. The van der Waals surface area contributed by atoms with Crippen LogP contribution in [0.5, 0.6) is 0 Å². The van der Waals surface area contributed by atoms with Gasteiger partial charge in [0, 0.05) is 29.1 Å². The van der Waals surface area contributed by atoms with Crippen LogP contribution >= 0.6 is 0 Å². The Balaban J connectivity index is 0.000000491. The molecule has 3 aromatic rings. The summed E-state index contributed by atoms with van der Waals surface area (Å²) in [5.74, 6) is -0.0864. The Morgan fingerprint density at radius 1 is 0.889 bits per heavy atom. The van der Waals surface area contributed by atoms with E-state index in [0.29, 0.717) is 6.42 Å². The Labute approximate surface area is 217 Å². The zero-order valence-corrected chi connectivity index (χ0v) is 22.6. The summed E-state index contributed by atoms with van der Waals surface area (Å²) in [4.78, 5) is 27.5. The average molecular weight is 492 g/mol. The van der Waals surface area contributed by atoms with Gasteiger partial charge >= 0.3 is 0 Å². The van der Waals surface area contributed by atoms with Crippen molar-refractivity contribution in [2.45, 2.75) is 78.2 Å². The monoisotopic (exact) mass is 491 g/mol. The number of nitrogens with two attached hydrogens (primary N) is 1. The minimum absolute atomic E-state index is 0.0426. The van der Waals surface area contributed by atoms with Gasteiger partial charge in [-0.3, -0.25) is 9.59 Å². The number of aromatic nitrogens is 1. The third kappa shape index (κ3) is 11.0. The zero-order valence-electron chi connectivity index (χ0n) is 22.6. The van der Waals surface area contributed by atoms with E-state index in [1.807, 2.05) is 55.6 Å². The molecule has 0 radical (unpaired) electrons. The van der Waals surface area contributed by atoms with Gasteiger partial charge in [0.2, 0.25) is 5.91 Å². The van der Waals surface area contributed by atoms with Gasteiger partial charge in [-0.05, 0) is 38.9 Å². The summed E-state index contributed by atoms with van der Waals surface area (Å²) in [6, 6.07) is 17.4. The molecule has 0 aliphatic rings. The topological polar surface area (TPSA) is 88.0 Å². The molecule has 3 rings (SSSR count). The SMILES string of the molecule is C=C(C)c1ccccc1.CCCCCCCCCC(=O)NC(C(C)=O)c1c[nH]c2ccccc12.CN. The molecule has 5 heteroatoms. The number of H-pyrrole nitrogens is 1. The summed E-state index contributed by atoms with van der Waals surface area (Å²) < 4.78 is 0. The van der Waals surface area contributed by atoms with Gasteiger partial charge in [0.1, 0.15) is 6.04 Å². The number of amides is 1. The van der Waals surface area contributed by atoms with Crippen LogP contribution in [0.2, 0.25) is 0 Å². The molecule has 0 saturated carbocycles. The maximum atomic E-state index is 12.3. The number of benzene rings is 2. The molecule has 0 fully saturated rings. The molecule has 36 heavy (non-hydrogen) atoms. The van der Waals surface area contributed by atoms with E-state index in [9.17, 15) is 9.59 Å². The average Bonchev–Trinajstić information content (AvgIpc) is 3.32. The number of allylic oxidation sites excluding steroid dienone is 1. The van der Waals surface area contributed by atoms with E-state index < -0.39 is 6.04 Å². The third-order valence-electron chi connectivity index (χ3n) is 5.92. The number of unbranched alkanes of at least 4 members (excludes halogenated alkanes) is 6. The molecule has 5 nitrogen and oxygen atoms in total. The van der Waals surface area contributed by atoms with Gasteiger partial charge < -0.3 is 16.0 Å². The van der Waals surface area contributed by atoms with Crippen molar-refractivity contribution in [2.75, 3.05) is 7.05 Å². The van der Waals surface area contributed by atoms with Gasteiger partial charge in [0.25, 0.3) is 0 Å². The van der Waals surface area contributed by atoms with Gasteiger partial charge in [-0.2, -0.15) is 0 Å². The van der Waals surface area contributed by atoms with Crippen LogP contribution in [0, 0.1) is 0 Å². The maximum absolute atomic E-state index is 12.3. The first kappa shape index (κ1) is 30.9. The molecule has 0 aliphatic carbocycles. The van der Waals surface area contributed by atoms with Crippen LogP contribution in [0.15, 0.2) is 67.4 Å². The van der Waals surface area contributed by atoms with E-state index in [1.54, 1.807) is 0 Å². The van der Waals surface area contributed by atoms with E-state index in [1.165, 1.54) is 51.6 Å². The molecular weight excluding hydrogens is 446 g/mol. The van der Waals surface area contributed by atoms with Crippen LogP contribution in [-0.2, 0) is 9.59 Å². The number of carbonyl (C=O) groups excluding carboxylic acids is 2. The Hall–Kier alpha value is -3.18. The maximum Gasteiger partial charge on any atom is 0.220 e. The molecule has 1 amide bonds. The van der Waals surface area contributed by atoms with Crippen molar-refractivity contribution < 1.29 is 9.59 Å². The van der Waals surface area contributed by atoms with Crippen molar-refractivity contribution >= 4 is 28.2 Å². The molecule has 1 atom stereocenters. The lowest BCUT2D eigenvalue weighted by atomic mass is 10.0. The number of rotatable bonds is 12. The Morgan fingerprint density at radius 2 is 1.47 bits per heavy atom. The van der Waals surface area contributed by atoms with Crippen LogP contribution in [0.1, 0.15) is 89.3 Å². The molecule has 0 saturated heterocycles. The first-order chi connectivity index (χ1) is 17.4. The van der Waals surface area contributed by atoms with Gasteiger partial charge in [0.05, 0.1) is 0 Å².